The summed E-state index contributed by atoms with van der Waals surface area (Å²) in [5.74, 6) is 0.832. The Morgan fingerprint density at radius 3 is 2.72 bits per heavy atom. The molecule has 0 spiro atoms. The first-order valence-electron chi connectivity index (χ1n) is 5.24. The third-order valence-corrected chi connectivity index (χ3v) is 2.92. The molecule has 0 N–H and O–H groups in total. The van der Waals surface area contributed by atoms with Gasteiger partial charge in [0.2, 0.25) is 0 Å². The van der Waals surface area contributed by atoms with Crippen LogP contribution in [0, 0.1) is 12.7 Å². The average Bonchev–Trinajstić information content (AvgIpc) is 2.33. The minimum atomic E-state index is -0.407. The molecular formula is C13H10Cl2FNO. The van der Waals surface area contributed by atoms with E-state index in [1.165, 1.54) is 18.2 Å². The topological polar surface area (TPSA) is 22.1 Å². The van der Waals surface area contributed by atoms with Gasteiger partial charge in [-0.15, -0.1) is 11.6 Å². The molecule has 2 rings (SSSR count). The second kappa shape index (κ2) is 5.55. The van der Waals surface area contributed by atoms with Gasteiger partial charge in [-0.25, -0.2) is 4.39 Å². The molecule has 0 fully saturated rings. The summed E-state index contributed by atoms with van der Waals surface area (Å²) < 4.78 is 18.6. The van der Waals surface area contributed by atoms with Gasteiger partial charge in [0.25, 0.3) is 0 Å². The minimum Gasteiger partial charge on any atom is -0.455 e. The molecule has 0 bridgehead atoms. The van der Waals surface area contributed by atoms with Gasteiger partial charge in [0, 0.05) is 23.5 Å². The summed E-state index contributed by atoms with van der Waals surface area (Å²) in [6.45, 7) is 1.84. The van der Waals surface area contributed by atoms with Crippen LogP contribution in [0.4, 0.5) is 4.39 Å². The lowest BCUT2D eigenvalue weighted by molar-refractivity contribution is 0.475. The summed E-state index contributed by atoms with van der Waals surface area (Å²) in [6.07, 6.45) is 1.65. The monoisotopic (exact) mass is 285 g/mol. The van der Waals surface area contributed by atoms with Crippen LogP contribution in [0.15, 0.2) is 30.5 Å². The molecule has 1 heterocycles. The van der Waals surface area contributed by atoms with Crippen molar-refractivity contribution in [1.29, 1.82) is 0 Å². The van der Waals surface area contributed by atoms with Crippen molar-refractivity contribution in [1.82, 2.24) is 4.98 Å². The highest BCUT2D eigenvalue weighted by molar-refractivity contribution is 6.32. The predicted molar refractivity (Wildman–Crippen MR) is 70.0 cm³/mol. The van der Waals surface area contributed by atoms with E-state index in [0.717, 1.165) is 11.3 Å². The molecule has 0 saturated carbocycles. The molecule has 0 amide bonds. The third-order valence-electron chi connectivity index (χ3n) is 2.34. The number of nitrogens with zero attached hydrogens (tertiary/aromatic N) is 1. The normalized spacial score (nSPS) is 10.4. The van der Waals surface area contributed by atoms with Gasteiger partial charge in [0.15, 0.2) is 0 Å². The largest absolute Gasteiger partial charge is 0.455 e. The smallest absolute Gasteiger partial charge is 0.146 e. The number of rotatable bonds is 3. The third kappa shape index (κ3) is 2.92. The van der Waals surface area contributed by atoms with Crippen LogP contribution in [0.1, 0.15) is 11.3 Å². The van der Waals surface area contributed by atoms with Crippen molar-refractivity contribution in [3.8, 4) is 11.5 Å². The highest BCUT2D eigenvalue weighted by Crippen LogP contribution is 2.32. The second-order valence-corrected chi connectivity index (χ2v) is 4.42. The van der Waals surface area contributed by atoms with Crippen LogP contribution >= 0.6 is 23.2 Å². The number of pyridine rings is 1. The fourth-order valence-corrected chi connectivity index (χ4v) is 1.84. The SMILES string of the molecule is Cc1cc(Oc2ccc(F)cc2Cl)c(CCl)cn1. The Bertz CT molecular complexity index is 575. The summed E-state index contributed by atoms with van der Waals surface area (Å²) in [5.41, 5.74) is 1.56. The molecule has 2 aromatic rings. The zero-order chi connectivity index (χ0) is 13.1. The standard InChI is InChI=1S/C13H10Cl2FNO/c1-8-4-13(9(6-14)7-17-8)18-12-3-2-10(16)5-11(12)15/h2-5,7H,6H2,1H3. The Balaban J connectivity index is 2.36. The van der Waals surface area contributed by atoms with Crippen LogP contribution in [0.25, 0.3) is 0 Å². The van der Waals surface area contributed by atoms with E-state index in [0.29, 0.717) is 11.5 Å². The number of aryl methyl sites for hydroxylation is 1. The summed E-state index contributed by atoms with van der Waals surface area (Å²) >= 11 is 11.7. The van der Waals surface area contributed by atoms with Crippen molar-refractivity contribution < 1.29 is 9.13 Å². The number of benzene rings is 1. The van der Waals surface area contributed by atoms with E-state index in [1.54, 1.807) is 12.3 Å². The molecule has 5 heteroatoms. The summed E-state index contributed by atoms with van der Waals surface area (Å²) in [6, 6.07) is 5.73. The van der Waals surface area contributed by atoms with E-state index in [9.17, 15) is 4.39 Å². The molecule has 0 unspecified atom stereocenters. The van der Waals surface area contributed by atoms with Gasteiger partial charge >= 0.3 is 0 Å². The van der Waals surface area contributed by atoms with Gasteiger partial charge in [0.05, 0.1) is 10.9 Å². The Kier molecular flexibility index (Phi) is 4.04. The molecular weight excluding hydrogens is 276 g/mol. The van der Waals surface area contributed by atoms with E-state index in [1.807, 2.05) is 6.92 Å². The Hall–Kier alpha value is -1.32. The zero-order valence-corrected chi connectivity index (χ0v) is 11.1. The Labute approximate surface area is 114 Å². The molecule has 18 heavy (non-hydrogen) atoms. The van der Waals surface area contributed by atoms with Crippen molar-refractivity contribution in [3.05, 3.63) is 52.6 Å². The van der Waals surface area contributed by atoms with Crippen molar-refractivity contribution in [2.45, 2.75) is 12.8 Å². The molecule has 0 radical (unpaired) electrons. The molecule has 2 nitrogen and oxygen atoms in total. The Morgan fingerprint density at radius 1 is 1.28 bits per heavy atom. The van der Waals surface area contributed by atoms with Crippen molar-refractivity contribution in [3.63, 3.8) is 0 Å². The summed E-state index contributed by atoms with van der Waals surface area (Å²) in [4.78, 5) is 4.13. The fourth-order valence-electron chi connectivity index (χ4n) is 1.43. The van der Waals surface area contributed by atoms with E-state index in [2.05, 4.69) is 4.98 Å². The highest BCUT2D eigenvalue weighted by atomic mass is 35.5. The van der Waals surface area contributed by atoms with Crippen LogP contribution in [0.5, 0.6) is 11.5 Å². The minimum absolute atomic E-state index is 0.213. The number of aromatic nitrogens is 1. The predicted octanol–water partition coefficient (Wildman–Crippen LogP) is 4.71. The first-order valence-corrected chi connectivity index (χ1v) is 6.16. The van der Waals surface area contributed by atoms with Gasteiger partial charge < -0.3 is 4.74 Å². The van der Waals surface area contributed by atoms with Gasteiger partial charge in [-0.2, -0.15) is 0 Å². The van der Waals surface area contributed by atoms with Crippen LogP contribution < -0.4 is 4.74 Å². The van der Waals surface area contributed by atoms with Gasteiger partial charge in [0.1, 0.15) is 17.3 Å². The molecule has 0 aliphatic rings. The average molecular weight is 286 g/mol. The van der Waals surface area contributed by atoms with Crippen molar-refractivity contribution >= 4 is 23.2 Å². The molecule has 0 atom stereocenters. The van der Waals surface area contributed by atoms with Crippen LogP contribution in [0.2, 0.25) is 5.02 Å². The number of alkyl halides is 1. The molecule has 94 valence electrons. The first kappa shape index (κ1) is 13.1. The van der Waals surface area contributed by atoms with Crippen molar-refractivity contribution in [2.24, 2.45) is 0 Å². The van der Waals surface area contributed by atoms with Crippen LogP contribution in [-0.2, 0) is 5.88 Å². The lowest BCUT2D eigenvalue weighted by Crippen LogP contribution is -1.93. The van der Waals surface area contributed by atoms with Gasteiger partial charge in [-0.1, -0.05) is 11.6 Å². The molecule has 0 aliphatic heterocycles. The molecule has 1 aromatic heterocycles. The number of halogens is 3. The maximum absolute atomic E-state index is 12.9. The van der Waals surface area contributed by atoms with Crippen molar-refractivity contribution in [2.75, 3.05) is 0 Å². The van der Waals surface area contributed by atoms with E-state index < -0.39 is 5.82 Å². The van der Waals surface area contributed by atoms with E-state index in [-0.39, 0.29) is 10.9 Å². The quantitative estimate of drug-likeness (QED) is 0.762. The zero-order valence-electron chi connectivity index (χ0n) is 9.58. The summed E-state index contributed by atoms with van der Waals surface area (Å²) in [7, 11) is 0. The Morgan fingerprint density at radius 2 is 2.06 bits per heavy atom. The first-order chi connectivity index (χ1) is 8.60. The van der Waals surface area contributed by atoms with Gasteiger partial charge in [-0.05, 0) is 25.1 Å². The number of ether oxygens (including phenoxy) is 1. The molecule has 0 saturated heterocycles. The van der Waals surface area contributed by atoms with E-state index in [4.69, 9.17) is 27.9 Å². The van der Waals surface area contributed by atoms with E-state index >= 15 is 0 Å². The van der Waals surface area contributed by atoms with Gasteiger partial charge in [-0.3, -0.25) is 4.98 Å². The maximum atomic E-state index is 12.9. The number of hydrogen-bond donors (Lipinski definition) is 0. The van der Waals surface area contributed by atoms with Crippen LogP contribution in [0.3, 0.4) is 0 Å². The second-order valence-electron chi connectivity index (χ2n) is 3.74. The summed E-state index contributed by atoms with van der Waals surface area (Å²) in [5, 5.41) is 0.213. The lowest BCUT2D eigenvalue weighted by atomic mass is 10.2. The molecule has 0 aliphatic carbocycles. The lowest BCUT2D eigenvalue weighted by Gasteiger charge is -2.11. The number of hydrogen-bond acceptors (Lipinski definition) is 2. The van der Waals surface area contributed by atoms with Crippen LogP contribution in [-0.4, -0.2) is 4.98 Å². The fraction of sp³-hybridized carbons (Fsp3) is 0.154. The molecule has 1 aromatic carbocycles. The highest BCUT2D eigenvalue weighted by Gasteiger charge is 2.09. The maximum Gasteiger partial charge on any atom is 0.146 e.